The number of ketones is 4. The number of aryl methyl sites for hydroxylation is 2. The first-order valence-corrected chi connectivity index (χ1v) is 41.3. The average molecular weight is 1610 g/mol. The Labute approximate surface area is 692 Å². The van der Waals surface area contributed by atoms with Crippen LogP contribution in [-0.4, -0.2) is 184 Å². The summed E-state index contributed by atoms with van der Waals surface area (Å²) in [5, 5.41) is 22.1. The van der Waals surface area contributed by atoms with Gasteiger partial charge in [0, 0.05) is 115 Å². The Bertz CT molecular complexity index is 5670. The molecule has 16 rings (SSSR count). The van der Waals surface area contributed by atoms with Crippen molar-refractivity contribution in [3.63, 3.8) is 0 Å². The largest absolute Gasteiger partial charge is 0.481 e. The van der Waals surface area contributed by atoms with Crippen LogP contribution in [0, 0.1) is 33.9 Å². The van der Waals surface area contributed by atoms with Crippen molar-refractivity contribution >= 4 is 114 Å². The van der Waals surface area contributed by atoms with Gasteiger partial charge in [0.05, 0.1) is 109 Å². The van der Waals surface area contributed by atoms with E-state index in [1.54, 1.807) is 31.2 Å². The number of benzene rings is 6. The van der Waals surface area contributed by atoms with Crippen LogP contribution in [0.15, 0.2) is 176 Å². The molecule has 6 aromatic carbocycles. The number of pyridine rings is 2. The summed E-state index contributed by atoms with van der Waals surface area (Å²) in [5.74, 6) is -0.695. The fourth-order valence-electron chi connectivity index (χ4n) is 16.6. The molecule has 0 bridgehead atoms. The maximum Gasteiger partial charge on any atom is 0.306 e. The van der Waals surface area contributed by atoms with Gasteiger partial charge in [0.15, 0.2) is 34.5 Å². The standard InChI is InChI=1S/C27H30N4O3.C25H26N4O3.C22H23ClN2O2.C20H19ClN2O/c1-4-34-25(33)15-11-21-10-14-23-27(29-21)26(24(32)18-30-16-6-5-7-17-30)19(2)31(23)22-12-8-20(28-3)9-13-22;1-17-24(22(30)16-28-14-4-3-5-15-28)25-21(12-8-19(27-25)9-13-23(31)32)29(17)20-10-6-18(26-2)7-11-20;1-15-22(21(27)14-24-12-10-18(26)11-13-24)19-4-2-3-5-20(19)25(15)17-8-6-16(23)7-9-17;21-15-7-9-16(10-8-15)23-13-18(17-5-1-2-6-19(17)23)20(24)14-22-11-3-4-12-22/h8-10,12-14H,4-7,11,15-18H2,1-2H3;6-8,10-12H,3-5,9,13-16H2,1H3,(H,31,32);2-9,18,26H,10-14H2,1H3;1-2,5-10,13H,3-4,11-12,14H2. The van der Waals surface area contributed by atoms with Gasteiger partial charge in [0.1, 0.15) is 0 Å². The van der Waals surface area contributed by atoms with Crippen LogP contribution in [0.5, 0.6) is 0 Å². The summed E-state index contributed by atoms with van der Waals surface area (Å²) >= 11 is 12.0. The number of hydrogen-bond acceptors (Lipinski definition) is 14. The number of carboxylic acid groups (broad SMARTS) is 1. The fraction of sp³-hybridized carbons (Fsp3) is 0.340. The van der Waals surface area contributed by atoms with E-state index in [1.807, 2.05) is 176 Å². The molecule has 23 heteroatoms. The first-order valence-electron chi connectivity index (χ1n) is 40.5. The zero-order valence-corrected chi connectivity index (χ0v) is 68.3. The summed E-state index contributed by atoms with van der Waals surface area (Å²) in [4.78, 5) is 101. The lowest BCUT2D eigenvalue weighted by molar-refractivity contribution is -0.143. The number of carbonyl (C=O) groups excluding carboxylic acids is 5. The van der Waals surface area contributed by atoms with Gasteiger partial charge in [-0.05, 0) is 228 Å². The third-order valence-electron chi connectivity index (χ3n) is 22.4. The van der Waals surface area contributed by atoms with Crippen molar-refractivity contribution in [2.45, 2.75) is 124 Å². The number of halogens is 2. The second-order valence-electron chi connectivity index (χ2n) is 30.4. The van der Waals surface area contributed by atoms with Gasteiger partial charge in [-0.25, -0.2) is 9.69 Å². The number of fused-ring (bicyclic) bond motifs is 4. The van der Waals surface area contributed by atoms with Crippen LogP contribution in [-0.2, 0) is 27.2 Å². The lowest BCUT2D eigenvalue weighted by Crippen LogP contribution is -2.39. The van der Waals surface area contributed by atoms with Crippen LogP contribution in [0.4, 0.5) is 11.4 Å². The Morgan fingerprint density at radius 3 is 1.29 bits per heavy atom. The van der Waals surface area contributed by atoms with Crippen molar-refractivity contribution in [3.8, 4) is 22.7 Å². The zero-order chi connectivity index (χ0) is 82.2. The molecule has 21 nitrogen and oxygen atoms in total. The molecule has 0 radical (unpaired) electrons. The number of carboxylic acids is 1. The Morgan fingerprint density at radius 2 is 0.829 bits per heavy atom. The summed E-state index contributed by atoms with van der Waals surface area (Å²) in [6.07, 6.45) is 13.5. The molecule has 0 atom stereocenters. The monoisotopic (exact) mass is 1610 g/mol. The predicted octanol–water partition coefficient (Wildman–Crippen LogP) is 18.4. The topological polar surface area (TPSA) is 219 Å². The number of likely N-dealkylation sites (tertiary alicyclic amines) is 4. The first-order chi connectivity index (χ1) is 56.7. The van der Waals surface area contributed by atoms with E-state index in [0.717, 1.165) is 180 Å². The van der Waals surface area contributed by atoms with Crippen LogP contribution in [0.2, 0.25) is 10.0 Å². The molecule has 0 unspecified atom stereocenters. The first kappa shape index (κ1) is 83.7. The molecule has 0 spiro atoms. The lowest BCUT2D eigenvalue weighted by Gasteiger charge is -2.28. The maximum absolute atomic E-state index is 13.5. The number of hydrogen-bond donors (Lipinski definition) is 2. The molecule has 2 N–H and O–H groups in total. The van der Waals surface area contributed by atoms with Crippen molar-refractivity contribution in [3.05, 3.63) is 260 Å². The van der Waals surface area contributed by atoms with E-state index in [2.05, 4.69) is 44.5 Å². The molecule has 0 amide bonds. The molecule has 4 saturated heterocycles. The van der Waals surface area contributed by atoms with Gasteiger partial charge >= 0.3 is 11.9 Å². The summed E-state index contributed by atoms with van der Waals surface area (Å²) in [5.41, 5.74) is 16.7. The number of carbonyl (C=O) groups is 6. The van der Waals surface area contributed by atoms with Crippen molar-refractivity contribution in [1.82, 2.24) is 47.8 Å². The fourth-order valence-corrected chi connectivity index (χ4v) is 16.8. The number of Topliss-reactive ketones (excluding diaryl/α,β-unsaturated/α-hetero) is 4. The molecule has 4 fully saturated rings. The van der Waals surface area contributed by atoms with Crippen molar-refractivity contribution in [2.24, 2.45) is 0 Å². The molecule has 117 heavy (non-hydrogen) atoms. The van der Waals surface area contributed by atoms with E-state index < -0.39 is 5.97 Å². The number of ether oxygens (including phenoxy) is 1. The second-order valence-corrected chi connectivity index (χ2v) is 31.3. The summed E-state index contributed by atoms with van der Waals surface area (Å²) in [6, 6.07) is 53.7. The average Bonchev–Trinajstić information content (AvgIpc) is 1.61. The van der Waals surface area contributed by atoms with Crippen molar-refractivity contribution < 1.29 is 43.7 Å². The number of rotatable bonds is 23. The second kappa shape index (κ2) is 39.1. The van der Waals surface area contributed by atoms with Crippen LogP contribution in [0.1, 0.15) is 154 Å². The van der Waals surface area contributed by atoms with Crippen LogP contribution in [0.25, 0.3) is 76.3 Å². The molecule has 602 valence electrons. The number of aromatic nitrogens is 6. The number of para-hydroxylation sites is 2. The molecule has 4 aliphatic rings. The van der Waals surface area contributed by atoms with Gasteiger partial charge in [0.2, 0.25) is 0 Å². The molecule has 0 aliphatic carbocycles. The number of aliphatic carboxylic acids is 1. The lowest BCUT2D eigenvalue weighted by atomic mass is 10.0. The SMILES string of the molecule is Cc1c(C(=O)CN2CCC(O)CC2)c2ccccc2n1-c1ccc(Cl)cc1.O=C(CN1CCCC1)c1cn(-c2ccc(Cl)cc2)c2ccccc12.[C-]#[N+]c1ccc(-n2c(C)c(C(=O)CN3CCCCC3)c3nc(CCC(=O)O)ccc32)cc1.[C-]#[N+]c1ccc(-n2c(C)c(C(=O)CN3CCCCC3)c3nc(CCC(=O)OCC)ccc32)cc1. The van der Waals surface area contributed by atoms with Gasteiger partial charge in [-0.15, -0.1) is 0 Å². The minimum absolute atomic E-state index is 0.00661. The highest BCUT2D eigenvalue weighted by Crippen LogP contribution is 2.36. The number of aliphatic hydroxyl groups is 1. The molecule has 6 aromatic heterocycles. The minimum atomic E-state index is -0.873. The van der Waals surface area contributed by atoms with E-state index in [4.69, 9.17) is 56.2 Å². The number of nitrogens with zero attached hydrogens (tertiary/aromatic N) is 12. The molecule has 4 aliphatic heterocycles. The molecular weight excluding hydrogens is 1510 g/mol. The van der Waals surface area contributed by atoms with E-state index in [-0.39, 0.29) is 48.0 Å². The van der Waals surface area contributed by atoms with E-state index >= 15 is 0 Å². The van der Waals surface area contributed by atoms with Gasteiger partial charge in [-0.3, -0.25) is 58.3 Å². The Kier molecular flexibility index (Phi) is 28.0. The highest BCUT2D eigenvalue weighted by Gasteiger charge is 2.30. The van der Waals surface area contributed by atoms with Gasteiger partial charge < -0.3 is 33.2 Å². The van der Waals surface area contributed by atoms with Crippen molar-refractivity contribution in [2.75, 3.05) is 85.1 Å². The smallest absolute Gasteiger partial charge is 0.306 e. The maximum atomic E-state index is 13.5. The van der Waals surface area contributed by atoms with Crippen molar-refractivity contribution in [1.29, 1.82) is 0 Å². The number of piperidine rings is 3. The summed E-state index contributed by atoms with van der Waals surface area (Å²) < 4.78 is 13.3. The highest BCUT2D eigenvalue weighted by atomic mass is 35.5. The van der Waals surface area contributed by atoms with E-state index in [0.29, 0.717) is 94.9 Å². The van der Waals surface area contributed by atoms with Crippen LogP contribution < -0.4 is 0 Å². The quantitative estimate of drug-likeness (QED) is 0.0346. The predicted molar refractivity (Wildman–Crippen MR) is 462 cm³/mol. The Morgan fingerprint density at radius 1 is 0.444 bits per heavy atom. The molecular formula is C94H98Cl2N12O9. The number of aliphatic hydroxyl groups excluding tert-OH is 1. The highest BCUT2D eigenvalue weighted by molar-refractivity contribution is 6.31. The minimum Gasteiger partial charge on any atom is -0.481 e. The van der Waals surface area contributed by atoms with E-state index in [1.165, 1.54) is 25.7 Å². The number of esters is 1. The zero-order valence-electron chi connectivity index (χ0n) is 66.8. The Hall–Kier alpha value is -11.2. The van der Waals surface area contributed by atoms with Crippen LogP contribution >= 0.6 is 23.2 Å². The summed E-state index contributed by atoms with van der Waals surface area (Å²) in [7, 11) is 0. The summed E-state index contributed by atoms with van der Waals surface area (Å²) in [6.45, 7) is 31.4. The third-order valence-corrected chi connectivity index (χ3v) is 22.9. The Balaban J connectivity index is 0.000000136. The van der Waals surface area contributed by atoms with Gasteiger partial charge in [0.25, 0.3) is 0 Å². The van der Waals surface area contributed by atoms with Gasteiger partial charge in [-0.1, -0.05) is 96.7 Å². The molecule has 10 heterocycles. The molecule has 12 aromatic rings. The van der Waals surface area contributed by atoms with Crippen LogP contribution in [0.3, 0.4) is 0 Å². The van der Waals surface area contributed by atoms with Gasteiger partial charge in [-0.2, -0.15) is 0 Å². The van der Waals surface area contributed by atoms with E-state index in [9.17, 15) is 33.9 Å². The third kappa shape index (κ3) is 20.1. The molecule has 0 saturated carbocycles. The normalized spacial score (nSPS) is 14.9.